The standard InChI is InChI=1S/C25H28N2O4.ClH/c1-29-22-15-18(16-23(30-2)24(22)31-3)17-26-11-13-27(14-12-26)25(28)21-10-6-8-19-7-4-5-9-20(19)21;/h4-10,15-16H,11-14,17H2,1-3H3;1H. The van der Waals surface area contributed by atoms with E-state index in [2.05, 4.69) is 4.90 Å². The second-order valence-electron chi connectivity index (χ2n) is 7.63. The molecular formula is C25H29ClN2O4. The fourth-order valence-corrected chi connectivity index (χ4v) is 4.18. The lowest BCUT2D eigenvalue weighted by atomic mass is 10.0. The molecule has 1 aliphatic heterocycles. The van der Waals surface area contributed by atoms with Crippen molar-refractivity contribution in [3.05, 3.63) is 65.7 Å². The Morgan fingerprint density at radius 1 is 0.844 bits per heavy atom. The van der Waals surface area contributed by atoms with E-state index in [-0.39, 0.29) is 18.3 Å². The Morgan fingerprint density at radius 3 is 2.09 bits per heavy atom. The van der Waals surface area contributed by atoms with Crippen molar-refractivity contribution in [2.45, 2.75) is 6.54 Å². The lowest BCUT2D eigenvalue weighted by Crippen LogP contribution is -2.48. The molecule has 6 nitrogen and oxygen atoms in total. The molecular weight excluding hydrogens is 428 g/mol. The lowest BCUT2D eigenvalue weighted by molar-refractivity contribution is 0.0630. The molecule has 0 aromatic heterocycles. The first-order chi connectivity index (χ1) is 15.1. The molecule has 1 amide bonds. The number of carbonyl (C=O) groups is 1. The smallest absolute Gasteiger partial charge is 0.254 e. The Hall–Kier alpha value is -2.96. The van der Waals surface area contributed by atoms with E-state index in [0.29, 0.717) is 30.3 Å². The van der Waals surface area contributed by atoms with Crippen LogP contribution in [0.1, 0.15) is 15.9 Å². The van der Waals surface area contributed by atoms with Gasteiger partial charge in [-0.2, -0.15) is 0 Å². The number of methoxy groups -OCH3 is 3. The van der Waals surface area contributed by atoms with Crippen LogP contribution in [0.25, 0.3) is 10.8 Å². The average molecular weight is 457 g/mol. The molecule has 1 aliphatic rings. The number of benzene rings is 3. The summed E-state index contributed by atoms with van der Waals surface area (Å²) in [7, 11) is 4.85. The van der Waals surface area contributed by atoms with Crippen LogP contribution in [-0.2, 0) is 6.54 Å². The third-order valence-corrected chi connectivity index (χ3v) is 5.81. The summed E-state index contributed by atoms with van der Waals surface area (Å²) in [4.78, 5) is 17.5. The number of hydrogen-bond acceptors (Lipinski definition) is 5. The number of rotatable bonds is 6. The molecule has 0 unspecified atom stereocenters. The van der Waals surface area contributed by atoms with E-state index >= 15 is 0 Å². The second kappa shape index (κ2) is 10.6. The van der Waals surface area contributed by atoms with E-state index in [4.69, 9.17) is 14.2 Å². The van der Waals surface area contributed by atoms with Crippen molar-refractivity contribution in [1.82, 2.24) is 9.80 Å². The quantitative estimate of drug-likeness (QED) is 0.555. The Labute approximate surface area is 195 Å². The molecule has 3 aromatic carbocycles. The number of piperazine rings is 1. The predicted molar refractivity (Wildman–Crippen MR) is 128 cm³/mol. The third kappa shape index (κ3) is 4.76. The Bertz CT molecular complexity index is 1050. The summed E-state index contributed by atoms with van der Waals surface area (Å²) in [6, 6.07) is 17.9. The monoisotopic (exact) mass is 456 g/mol. The largest absolute Gasteiger partial charge is 0.493 e. The van der Waals surface area contributed by atoms with Crippen LogP contribution in [0, 0.1) is 0 Å². The summed E-state index contributed by atoms with van der Waals surface area (Å²) >= 11 is 0. The molecule has 1 heterocycles. The number of fused-ring (bicyclic) bond motifs is 1. The van der Waals surface area contributed by atoms with Gasteiger partial charge >= 0.3 is 0 Å². The molecule has 7 heteroatoms. The fourth-order valence-electron chi connectivity index (χ4n) is 4.18. The number of halogens is 1. The van der Waals surface area contributed by atoms with Crippen LogP contribution in [0.4, 0.5) is 0 Å². The van der Waals surface area contributed by atoms with Crippen LogP contribution < -0.4 is 14.2 Å². The molecule has 0 radical (unpaired) electrons. The molecule has 0 spiro atoms. The molecule has 32 heavy (non-hydrogen) atoms. The summed E-state index contributed by atoms with van der Waals surface area (Å²) in [6.45, 7) is 3.78. The summed E-state index contributed by atoms with van der Waals surface area (Å²) in [5.41, 5.74) is 1.86. The van der Waals surface area contributed by atoms with Gasteiger partial charge in [0.15, 0.2) is 11.5 Å². The van der Waals surface area contributed by atoms with E-state index in [1.807, 2.05) is 59.5 Å². The summed E-state index contributed by atoms with van der Waals surface area (Å²) in [5.74, 6) is 2.01. The maximum Gasteiger partial charge on any atom is 0.254 e. The van der Waals surface area contributed by atoms with E-state index in [1.54, 1.807) is 21.3 Å². The van der Waals surface area contributed by atoms with Crippen molar-refractivity contribution in [2.24, 2.45) is 0 Å². The van der Waals surface area contributed by atoms with Crippen molar-refractivity contribution in [3.63, 3.8) is 0 Å². The zero-order valence-corrected chi connectivity index (χ0v) is 19.5. The van der Waals surface area contributed by atoms with Gasteiger partial charge in [-0.3, -0.25) is 9.69 Å². The minimum atomic E-state index is 0. The first-order valence-corrected chi connectivity index (χ1v) is 10.4. The number of hydrogen-bond donors (Lipinski definition) is 0. The molecule has 170 valence electrons. The highest BCUT2D eigenvalue weighted by atomic mass is 35.5. The zero-order valence-electron chi connectivity index (χ0n) is 18.7. The molecule has 1 fully saturated rings. The molecule has 0 atom stereocenters. The first kappa shape index (κ1) is 23.7. The predicted octanol–water partition coefficient (Wildman–Crippen LogP) is 4.25. The SMILES string of the molecule is COc1cc(CN2CCN(C(=O)c3cccc4ccccc34)CC2)cc(OC)c1OC.Cl. The summed E-state index contributed by atoms with van der Waals surface area (Å²) in [5, 5.41) is 2.10. The number of carbonyl (C=O) groups excluding carboxylic acids is 1. The van der Waals surface area contributed by atoms with Gasteiger partial charge in [-0.1, -0.05) is 36.4 Å². The maximum atomic E-state index is 13.2. The van der Waals surface area contributed by atoms with E-state index in [0.717, 1.165) is 41.5 Å². The van der Waals surface area contributed by atoms with Gasteiger partial charge in [-0.05, 0) is 34.5 Å². The van der Waals surface area contributed by atoms with Gasteiger partial charge in [0, 0.05) is 38.3 Å². The highest BCUT2D eigenvalue weighted by Crippen LogP contribution is 2.38. The third-order valence-electron chi connectivity index (χ3n) is 5.81. The van der Waals surface area contributed by atoms with Gasteiger partial charge in [0.05, 0.1) is 21.3 Å². The van der Waals surface area contributed by atoms with Crippen molar-refractivity contribution >= 4 is 29.1 Å². The van der Waals surface area contributed by atoms with Crippen molar-refractivity contribution in [1.29, 1.82) is 0 Å². The van der Waals surface area contributed by atoms with E-state index in [9.17, 15) is 4.79 Å². The normalized spacial score (nSPS) is 14.0. The lowest BCUT2D eigenvalue weighted by Gasteiger charge is -2.35. The van der Waals surface area contributed by atoms with Gasteiger partial charge in [-0.25, -0.2) is 0 Å². The summed E-state index contributed by atoms with van der Waals surface area (Å²) in [6.07, 6.45) is 0. The van der Waals surface area contributed by atoms with Gasteiger partial charge in [0.1, 0.15) is 0 Å². The minimum Gasteiger partial charge on any atom is -0.493 e. The van der Waals surface area contributed by atoms with Gasteiger partial charge in [0.2, 0.25) is 5.75 Å². The van der Waals surface area contributed by atoms with E-state index < -0.39 is 0 Å². The molecule has 0 aliphatic carbocycles. The number of amides is 1. The van der Waals surface area contributed by atoms with Crippen LogP contribution in [-0.4, -0.2) is 63.2 Å². The molecule has 3 aromatic rings. The molecule has 0 N–H and O–H groups in total. The highest BCUT2D eigenvalue weighted by Gasteiger charge is 2.24. The van der Waals surface area contributed by atoms with Crippen LogP contribution in [0.3, 0.4) is 0 Å². The van der Waals surface area contributed by atoms with Gasteiger partial charge < -0.3 is 19.1 Å². The molecule has 1 saturated heterocycles. The fraction of sp³-hybridized carbons (Fsp3) is 0.320. The minimum absolute atomic E-state index is 0. The number of ether oxygens (including phenoxy) is 3. The molecule has 0 bridgehead atoms. The average Bonchev–Trinajstić information content (AvgIpc) is 2.83. The van der Waals surface area contributed by atoms with Gasteiger partial charge in [0.25, 0.3) is 5.91 Å². The maximum absolute atomic E-state index is 13.2. The summed E-state index contributed by atoms with van der Waals surface area (Å²) < 4.78 is 16.3. The molecule has 0 saturated carbocycles. The van der Waals surface area contributed by atoms with Crippen molar-refractivity contribution in [3.8, 4) is 17.2 Å². The first-order valence-electron chi connectivity index (χ1n) is 10.4. The zero-order chi connectivity index (χ0) is 21.8. The Kier molecular flexibility index (Phi) is 7.83. The van der Waals surface area contributed by atoms with E-state index in [1.165, 1.54) is 0 Å². The highest BCUT2D eigenvalue weighted by molar-refractivity contribution is 6.07. The van der Waals surface area contributed by atoms with Crippen LogP contribution >= 0.6 is 12.4 Å². The number of nitrogens with zero attached hydrogens (tertiary/aromatic N) is 2. The van der Waals surface area contributed by atoms with Gasteiger partial charge in [-0.15, -0.1) is 12.4 Å². The topological polar surface area (TPSA) is 51.2 Å². The van der Waals surface area contributed by atoms with Crippen LogP contribution in [0.2, 0.25) is 0 Å². The Balaban J connectivity index is 0.00000289. The van der Waals surface area contributed by atoms with Crippen LogP contribution in [0.15, 0.2) is 54.6 Å². The Morgan fingerprint density at radius 2 is 1.47 bits per heavy atom. The van der Waals surface area contributed by atoms with Crippen LogP contribution in [0.5, 0.6) is 17.2 Å². The molecule has 4 rings (SSSR count). The second-order valence-corrected chi connectivity index (χ2v) is 7.63. The van der Waals surface area contributed by atoms with Crippen molar-refractivity contribution < 1.29 is 19.0 Å². The van der Waals surface area contributed by atoms with Crippen molar-refractivity contribution in [2.75, 3.05) is 47.5 Å².